The summed E-state index contributed by atoms with van der Waals surface area (Å²) in [5.74, 6) is 2.93. The van der Waals surface area contributed by atoms with Crippen molar-refractivity contribution in [3.63, 3.8) is 0 Å². The zero-order valence-corrected chi connectivity index (χ0v) is 20.9. The summed E-state index contributed by atoms with van der Waals surface area (Å²) in [5.41, 5.74) is 3.46. The third-order valence-electron chi connectivity index (χ3n) is 7.13. The normalized spacial score (nSPS) is 25.3. The van der Waals surface area contributed by atoms with Crippen LogP contribution in [0.15, 0.2) is 23.2 Å². The van der Waals surface area contributed by atoms with Gasteiger partial charge in [0.2, 0.25) is 0 Å². The Hall–Kier alpha value is -2.24. The molecule has 1 fully saturated rings. The summed E-state index contributed by atoms with van der Waals surface area (Å²) >= 11 is 0. The van der Waals surface area contributed by atoms with Gasteiger partial charge < -0.3 is 9.47 Å². The Kier molecular flexibility index (Phi) is 6.82. The van der Waals surface area contributed by atoms with Gasteiger partial charge in [-0.15, -0.1) is 5.54 Å². The molecule has 2 heterocycles. The van der Waals surface area contributed by atoms with Crippen LogP contribution in [0.25, 0.3) is 0 Å². The van der Waals surface area contributed by atoms with E-state index in [0.29, 0.717) is 35.7 Å². The molecule has 3 rings (SSSR count). The second kappa shape index (κ2) is 8.95. The number of benzene rings is 1. The lowest BCUT2D eigenvalue weighted by Crippen LogP contribution is -2.48. The van der Waals surface area contributed by atoms with Crippen LogP contribution in [0.5, 0.6) is 0 Å². The molecular formula is C24H33FN2O4Si. The average Bonchev–Trinajstić information content (AvgIpc) is 3.16. The van der Waals surface area contributed by atoms with E-state index in [1.54, 1.807) is 6.92 Å². The predicted molar refractivity (Wildman–Crippen MR) is 126 cm³/mol. The molecule has 0 radical (unpaired) electrons. The van der Waals surface area contributed by atoms with Crippen LogP contribution in [0.3, 0.4) is 0 Å². The van der Waals surface area contributed by atoms with Crippen LogP contribution in [-0.4, -0.2) is 38.2 Å². The third-order valence-corrected chi connectivity index (χ3v) is 13.4. The number of hydrogen-bond acceptors (Lipinski definition) is 5. The van der Waals surface area contributed by atoms with E-state index >= 15 is 4.39 Å². The second-order valence-corrected chi connectivity index (χ2v) is 15.3. The highest BCUT2D eigenvalue weighted by Crippen LogP contribution is 2.46. The van der Waals surface area contributed by atoms with Gasteiger partial charge in [0.25, 0.3) is 5.69 Å². The summed E-state index contributed by atoms with van der Waals surface area (Å²) in [6, 6.07) is 3.60. The molecular weight excluding hydrogens is 427 g/mol. The Morgan fingerprint density at radius 2 is 1.81 bits per heavy atom. The van der Waals surface area contributed by atoms with Crippen LogP contribution in [0.1, 0.15) is 54.0 Å². The number of hydrogen-bond donors (Lipinski definition) is 0. The van der Waals surface area contributed by atoms with Gasteiger partial charge in [-0.1, -0.05) is 47.5 Å². The van der Waals surface area contributed by atoms with Crippen molar-refractivity contribution in [3.05, 3.63) is 39.7 Å². The van der Waals surface area contributed by atoms with Crippen molar-refractivity contribution < 1.29 is 18.8 Å². The predicted octanol–water partition coefficient (Wildman–Crippen LogP) is 5.61. The summed E-state index contributed by atoms with van der Waals surface area (Å²) < 4.78 is 26.9. The fourth-order valence-corrected chi connectivity index (χ4v) is 10.9. The van der Waals surface area contributed by atoms with Gasteiger partial charge in [0, 0.05) is 24.6 Å². The zero-order valence-electron chi connectivity index (χ0n) is 19.9. The Balaban J connectivity index is 2.35. The van der Waals surface area contributed by atoms with Crippen LogP contribution in [0, 0.1) is 33.3 Å². The van der Waals surface area contributed by atoms with E-state index in [-0.39, 0.29) is 23.3 Å². The van der Waals surface area contributed by atoms with Gasteiger partial charge in [-0.2, -0.15) is 0 Å². The Morgan fingerprint density at radius 3 is 2.38 bits per heavy atom. The van der Waals surface area contributed by atoms with Crippen molar-refractivity contribution in [2.24, 2.45) is 10.9 Å². The molecule has 32 heavy (non-hydrogen) atoms. The first kappa shape index (κ1) is 24.4. The molecule has 2 aliphatic heterocycles. The lowest BCUT2D eigenvalue weighted by molar-refractivity contribution is -0.385. The highest BCUT2D eigenvalue weighted by Gasteiger charge is 2.53. The van der Waals surface area contributed by atoms with Crippen molar-refractivity contribution in [3.8, 4) is 11.5 Å². The molecule has 0 bridgehead atoms. The molecule has 0 amide bonds. The average molecular weight is 461 g/mol. The van der Waals surface area contributed by atoms with Crippen LogP contribution < -0.4 is 0 Å². The number of fused-ring (bicyclic) bond motifs is 1. The van der Waals surface area contributed by atoms with Crippen molar-refractivity contribution in [1.82, 2.24) is 0 Å². The summed E-state index contributed by atoms with van der Waals surface area (Å²) in [6.07, 6.45) is -0.325. The number of nitrogens with zero attached hydrogens (tertiary/aromatic N) is 2. The van der Waals surface area contributed by atoms with Crippen molar-refractivity contribution >= 4 is 19.7 Å². The lowest BCUT2D eigenvalue weighted by atomic mass is 9.76. The highest BCUT2D eigenvalue weighted by molar-refractivity contribution is 6.90. The number of non-ortho nitro benzene ring substituents is 1. The number of nitro groups is 1. The van der Waals surface area contributed by atoms with Gasteiger partial charge in [-0.3, -0.25) is 10.1 Å². The molecule has 0 saturated carbocycles. The topological polar surface area (TPSA) is 74.0 Å². The maximum Gasteiger partial charge on any atom is 0.270 e. The van der Waals surface area contributed by atoms with E-state index in [1.165, 1.54) is 12.1 Å². The van der Waals surface area contributed by atoms with Crippen LogP contribution >= 0.6 is 0 Å². The summed E-state index contributed by atoms with van der Waals surface area (Å²) in [5, 5.41) is 11.5. The first-order valence-corrected chi connectivity index (χ1v) is 13.5. The Bertz CT molecular complexity index is 960. The number of aliphatic imine (C=N–C) groups is 1. The standard InChI is InChI=1S/C24H33FN2O4Si/c1-15(2)32(16(3)4,17(5)6)11-10-24(20-12-19(27(28)29)8-9-22(20)25)21-13-30-14-23(21)31-18(7)26-24/h8-9,12,15-17,21,23H,13-14H2,1-7H3/t21-,23+,24+/m0/s1. The van der Waals surface area contributed by atoms with E-state index in [4.69, 9.17) is 14.5 Å². The fourth-order valence-electron chi connectivity index (χ4n) is 5.62. The molecule has 0 aromatic heterocycles. The fraction of sp³-hybridized carbons (Fsp3) is 0.625. The van der Waals surface area contributed by atoms with Crippen molar-refractivity contribution in [2.75, 3.05) is 13.2 Å². The molecule has 1 saturated heterocycles. The van der Waals surface area contributed by atoms with Gasteiger partial charge in [0.1, 0.15) is 20.0 Å². The highest BCUT2D eigenvalue weighted by atomic mass is 28.3. The van der Waals surface area contributed by atoms with E-state index < -0.39 is 24.4 Å². The Labute approximate surface area is 190 Å². The van der Waals surface area contributed by atoms with Crippen molar-refractivity contribution in [2.45, 2.75) is 76.7 Å². The molecule has 0 unspecified atom stereocenters. The van der Waals surface area contributed by atoms with Crippen molar-refractivity contribution in [1.29, 1.82) is 0 Å². The summed E-state index contributed by atoms with van der Waals surface area (Å²) in [6.45, 7) is 15.6. The molecule has 8 heteroatoms. The molecule has 1 aromatic carbocycles. The Morgan fingerprint density at radius 1 is 1.19 bits per heavy atom. The summed E-state index contributed by atoms with van der Waals surface area (Å²) in [7, 11) is -2.18. The zero-order chi connectivity index (χ0) is 23.8. The van der Waals surface area contributed by atoms with E-state index in [0.717, 1.165) is 6.07 Å². The quantitative estimate of drug-likeness (QED) is 0.248. The molecule has 0 spiro atoms. The minimum atomic E-state index is -2.18. The molecule has 0 aliphatic carbocycles. The van der Waals surface area contributed by atoms with Crippen LogP contribution in [0.4, 0.5) is 10.1 Å². The molecule has 6 nitrogen and oxygen atoms in total. The second-order valence-electron chi connectivity index (χ2n) is 9.77. The van der Waals surface area contributed by atoms with E-state index in [2.05, 4.69) is 53.0 Å². The van der Waals surface area contributed by atoms with Gasteiger partial charge in [0.05, 0.1) is 24.1 Å². The van der Waals surface area contributed by atoms with Crippen LogP contribution in [0.2, 0.25) is 16.6 Å². The SMILES string of the molecule is CC1=N[C@](C#C[Si](C(C)C)(C(C)C)C(C)C)(c2cc([N+](=O)[O-])ccc2F)[C@H]2COC[C@H]2O1. The van der Waals surface area contributed by atoms with Crippen LogP contribution in [-0.2, 0) is 15.0 Å². The minimum Gasteiger partial charge on any atom is -0.475 e. The molecule has 174 valence electrons. The monoisotopic (exact) mass is 460 g/mol. The third kappa shape index (κ3) is 3.97. The van der Waals surface area contributed by atoms with Gasteiger partial charge in [-0.05, 0) is 22.7 Å². The number of nitro benzene ring substituents is 1. The molecule has 2 aliphatic rings. The largest absolute Gasteiger partial charge is 0.475 e. The lowest BCUT2D eigenvalue weighted by Gasteiger charge is -2.41. The maximum absolute atomic E-state index is 15.3. The van der Waals surface area contributed by atoms with E-state index in [9.17, 15) is 10.1 Å². The van der Waals surface area contributed by atoms with Gasteiger partial charge in [-0.25, -0.2) is 9.38 Å². The first-order valence-electron chi connectivity index (χ1n) is 11.2. The number of ether oxygens (including phenoxy) is 2. The molecule has 0 N–H and O–H groups in total. The number of halogens is 1. The minimum absolute atomic E-state index is 0.126. The van der Waals surface area contributed by atoms with E-state index in [1.807, 2.05) is 0 Å². The van der Waals surface area contributed by atoms with Gasteiger partial charge in [0.15, 0.2) is 11.4 Å². The molecule has 1 aromatic rings. The summed E-state index contributed by atoms with van der Waals surface area (Å²) in [4.78, 5) is 15.8. The smallest absolute Gasteiger partial charge is 0.270 e. The first-order chi connectivity index (χ1) is 15.0. The number of rotatable bonds is 5. The maximum atomic E-state index is 15.3. The van der Waals surface area contributed by atoms with Gasteiger partial charge >= 0.3 is 0 Å². The molecule has 3 atom stereocenters.